The van der Waals surface area contributed by atoms with E-state index in [1.807, 2.05) is 24.3 Å². The van der Waals surface area contributed by atoms with Crippen LogP contribution in [-0.4, -0.2) is 76.9 Å². The molecule has 0 bridgehead atoms. The molecule has 43 heavy (non-hydrogen) atoms. The third-order valence-electron chi connectivity index (χ3n) is 7.92. The van der Waals surface area contributed by atoms with Crippen molar-refractivity contribution in [2.45, 2.75) is 32.4 Å². The highest BCUT2D eigenvalue weighted by Gasteiger charge is 2.29. The lowest BCUT2D eigenvalue weighted by Crippen LogP contribution is -2.47. The standard InChI is InChI=1S/C32H34N4O7/c1-20(37)43-19-27(40)35-15-13-22(14-16-35)33-17-25(38)30-31(42-3)28-29(34(30)2)23-11-7-8-12-24(23)36(32(28)41)18-26(39)21-9-5-4-6-10-21/h4-12,22,33H,13-19H2,1-3H3. The Morgan fingerprint density at radius 3 is 2.30 bits per heavy atom. The molecule has 0 unspecified atom stereocenters. The van der Waals surface area contributed by atoms with Gasteiger partial charge in [0.2, 0.25) is 0 Å². The van der Waals surface area contributed by atoms with Crippen LogP contribution < -0.4 is 15.6 Å². The normalized spacial score (nSPS) is 13.8. The van der Waals surface area contributed by atoms with Gasteiger partial charge in [-0.05, 0) is 18.9 Å². The molecule has 1 saturated heterocycles. The number of amides is 1. The van der Waals surface area contributed by atoms with Crippen LogP contribution in [0.25, 0.3) is 21.8 Å². The highest BCUT2D eigenvalue weighted by Crippen LogP contribution is 2.35. The molecule has 5 rings (SSSR count). The molecule has 1 fully saturated rings. The molecule has 3 heterocycles. The smallest absolute Gasteiger partial charge is 0.303 e. The van der Waals surface area contributed by atoms with Crippen LogP contribution in [0.5, 0.6) is 5.75 Å². The fourth-order valence-electron chi connectivity index (χ4n) is 5.76. The molecule has 4 aromatic rings. The second-order valence-corrected chi connectivity index (χ2v) is 10.6. The molecule has 1 N–H and O–H groups in total. The maximum absolute atomic E-state index is 14.0. The Bertz CT molecular complexity index is 1770. The number of likely N-dealkylation sites (tertiary alicyclic amines) is 1. The summed E-state index contributed by atoms with van der Waals surface area (Å²) in [4.78, 5) is 65.6. The molecule has 0 saturated carbocycles. The first-order valence-corrected chi connectivity index (χ1v) is 14.1. The lowest BCUT2D eigenvalue weighted by molar-refractivity contribution is -0.150. The van der Waals surface area contributed by atoms with E-state index in [1.165, 1.54) is 18.6 Å². The van der Waals surface area contributed by atoms with Gasteiger partial charge in [-0.3, -0.25) is 28.5 Å². The highest BCUT2D eigenvalue weighted by molar-refractivity contribution is 6.13. The van der Waals surface area contributed by atoms with E-state index in [1.54, 1.807) is 46.8 Å². The van der Waals surface area contributed by atoms with E-state index in [4.69, 9.17) is 9.47 Å². The van der Waals surface area contributed by atoms with Gasteiger partial charge in [-0.15, -0.1) is 0 Å². The number of para-hydroxylation sites is 1. The van der Waals surface area contributed by atoms with Gasteiger partial charge >= 0.3 is 5.97 Å². The van der Waals surface area contributed by atoms with Crippen LogP contribution in [0.1, 0.15) is 40.6 Å². The van der Waals surface area contributed by atoms with Gasteiger partial charge < -0.3 is 24.3 Å². The summed E-state index contributed by atoms with van der Waals surface area (Å²) in [7, 11) is 3.16. The molecule has 0 atom stereocenters. The van der Waals surface area contributed by atoms with E-state index in [9.17, 15) is 24.0 Å². The topological polar surface area (TPSA) is 129 Å². The molecular formula is C32H34N4O7. The fraction of sp³-hybridized carbons (Fsp3) is 0.344. The summed E-state index contributed by atoms with van der Waals surface area (Å²) in [6.07, 6.45) is 1.27. The number of methoxy groups -OCH3 is 1. The first-order chi connectivity index (χ1) is 20.7. The van der Waals surface area contributed by atoms with Crippen molar-refractivity contribution in [2.75, 3.05) is 33.4 Å². The van der Waals surface area contributed by atoms with Gasteiger partial charge in [0.05, 0.1) is 31.2 Å². The first-order valence-electron chi connectivity index (χ1n) is 14.1. The minimum atomic E-state index is -0.500. The second-order valence-electron chi connectivity index (χ2n) is 10.6. The lowest BCUT2D eigenvalue weighted by atomic mass is 10.0. The summed E-state index contributed by atoms with van der Waals surface area (Å²) < 4.78 is 13.6. The zero-order valence-corrected chi connectivity index (χ0v) is 24.4. The third-order valence-corrected chi connectivity index (χ3v) is 7.92. The number of ether oxygens (including phenoxy) is 2. The Labute approximate surface area is 248 Å². The minimum Gasteiger partial charge on any atom is -0.493 e. The van der Waals surface area contributed by atoms with Gasteiger partial charge in [-0.25, -0.2) is 0 Å². The number of pyridine rings is 1. The lowest BCUT2D eigenvalue weighted by Gasteiger charge is -2.32. The van der Waals surface area contributed by atoms with E-state index >= 15 is 0 Å². The number of aromatic nitrogens is 2. The Morgan fingerprint density at radius 2 is 1.63 bits per heavy atom. The first kappa shape index (κ1) is 29.7. The number of Topliss-reactive ketones (excluding diaryl/α,β-unsaturated/α-hetero) is 2. The molecule has 2 aromatic carbocycles. The van der Waals surface area contributed by atoms with Crippen LogP contribution in [0, 0.1) is 0 Å². The molecule has 1 aliphatic rings. The van der Waals surface area contributed by atoms with Crippen molar-refractivity contribution in [1.29, 1.82) is 0 Å². The van der Waals surface area contributed by atoms with E-state index in [-0.39, 0.29) is 60.0 Å². The van der Waals surface area contributed by atoms with E-state index in [0.717, 1.165) is 5.39 Å². The molecule has 1 aliphatic heterocycles. The molecule has 11 nitrogen and oxygen atoms in total. The SMILES string of the molecule is COc1c(C(=O)CNC2CCN(C(=O)COC(C)=O)CC2)n(C)c2c1c(=O)n(CC(=O)c1ccccc1)c1ccccc21. The molecule has 11 heteroatoms. The average molecular weight is 587 g/mol. The summed E-state index contributed by atoms with van der Waals surface area (Å²) in [5, 5.41) is 4.25. The van der Waals surface area contributed by atoms with E-state index in [0.29, 0.717) is 42.5 Å². The molecule has 1 amide bonds. The number of esters is 1. The van der Waals surface area contributed by atoms with Crippen LogP contribution in [-0.2, 0) is 27.9 Å². The van der Waals surface area contributed by atoms with Crippen LogP contribution in [0.3, 0.4) is 0 Å². The summed E-state index contributed by atoms with van der Waals surface area (Å²) in [5.41, 5.74) is 1.49. The van der Waals surface area contributed by atoms with Crippen molar-refractivity contribution in [2.24, 2.45) is 7.05 Å². The minimum absolute atomic E-state index is 0.00413. The maximum atomic E-state index is 14.0. The summed E-state index contributed by atoms with van der Waals surface area (Å²) in [6.45, 7) is 1.79. The van der Waals surface area contributed by atoms with Gasteiger partial charge in [-0.1, -0.05) is 48.5 Å². The summed E-state index contributed by atoms with van der Waals surface area (Å²) in [6, 6.07) is 16.1. The van der Waals surface area contributed by atoms with Crippen LogP contribution in [0.15, 0.2) is 59.4 Å². The molecule has 0 aliphatic carbocycles. The Kier molecular flexibility index (Phi) is 8.72. The Morgan fingerprint density at radius 1 is 0.953 bits per heavy atom. The van der Waals surface area contributed by atoms with Crippen LogP contribution in [0.2, 0.25) is 0 Å². The predicted octanol–water partition coefficient (Wildman–Crippen LogP) is 2.71. The average Bonchev–Trinajstić information content (AvgIpc) is 3.33. The molecular weight excluding hydrogens is 552 g/mol. The zero-order chi connectivity index (χ0) is 30.7. The van der Waals surface area contributed by atoms with E-state index < -0.39 is 11.5 Å². The molecule has 0 radical (unpaired) electrons. The van der Waals surface area contributed by atoms with Gasteiger partial charge in [0.15, 0.2) is 23.9 Å². The number of hydrogen-bond donors (Lipinski definition) is 1. The van der Waals surface area contributed by atoms with Gasteiger partial charge in [-0.2, -0.15) is 0 Å². The molecule has 0 spiro atoms. The van der Waals surface area contributed by atoms with Crippen molar-refractivity contribution >= 4 is 45.2 Å². The number of ketones is 2. The van der Waals surface area contributed by atoms with Crippen molar-refractivity contribution in [3.63, 3.8) is 0 Å². The van der Waals surface area contributed by atoms with Crippen LogP contribution in [0.4, 0.5) is 0 Å². The second kappa shape index (κ2) is 12.6. The highest BCUT2D eigenvalue weighted by atomic mass is 16.5. The monoisotopic (exact) mass is 586 g/mol. The third kappa shape index (κ3) is 5.94. The number of fused-ring (bicyclic) bond motifs is 3. The van der Waals surface area contributed by atoms with Gasteiger partial charge in [0.25, 0.3) is 11.5 Å². The maximum Gasteiger partial charge on any atom is 0.303 e. The number of hydrogen-bond acceptors (Lipinski definition) is 8. The number of carbonyl (C=O) groups is 4. The Hall–Kier alpha value is -4.77. The number of nitrogens with zero attached hydrogens (tertiary/aromatic N) is 3. The van der Waals surface area contributed by atoms with Gasteiger partial charge in [0.1, 0.15) is 11.1 Å². The largest absolute Gasteiger partial charge is 0.493 e. The number of rotatable bonds is 10. The van der Waals surface area contributed by atoms with Crippen LogP contribution >= 0.6 is 0 Å². The van der Waals surface area contributed by atoms with Crippen molar-refractivity contribution in [1.82, 2.24) is 19.4 Å². The van der Waals surface area contributed by atoms with Crippen molar-refractivity contribution in [3.05, 3.63) is 76.2 Å². The Balaban J connectivity index is 1.41. The van der Waals surface area contributed by atoms with Gasteiger partial charge in [0, 0.05) is 44.1 Å². The quantitative estimate of drug-likeness (QED) is 0.222. The van der Waals surface area contributed by atoms with E-state index in [2.05, 4.69) is 5.32 Å². The zero-order valence-electron chi connectivity index (χ0n) is 24.4. The number of aryl methyl sites for hydroxylation is 1. The number of piperidine rings is 1. The summed E-state index contributed by atoms with van der Waals surface area (Å²) in [5.74, 6) is -1.03. The van der Waals surface area contributed by atoms with Crippen molar-refractivity contribution in [3.8, 4) is 5.75 Å². The summed E-state index contributed by atoms with van der Waals surface area (Å²) >= 11 is 0. The van der Waals surface area contributed by atoms with Crippen molar-refractivity contribution < 1.29 is 28.7 Å². The predicted molar refractivity (Wildman–Crippen MR) is 161 cm³/mol. The number of nitrogens with one attached hydrogen (secondary N) is 1. The molecule has 2 aromatic heterocycles. The fourth-order valence-corrected chi connectivity index (χ4v) is 5.76. The number of benzene rings is 2. The number of carbonyl (C=O) groups excluding carboxylic acids is 4. The molecule has 224 valence electrons.